The molecule has 0 aliphatic heterocycles. The molecule has 3 N–H and O–H groups in total. The van der Waals surface area contributed by atoms with Crippen LogP contribution in [0.3, 0.4) is 0 Å². The molecule has 1 aromatic rings. The van der Waals surface area contributed by atoms with Gasteiger partial charge >= 0.3 is 5.97 Å². The van der Waals surface area contributed by atoms with Crippen molar-refractivity contribution >= 4 is 15.8 Å². The van der Waals surface area contributed by atoms with Crippen LogP contribution in [0.25, 0.3) is 0 Å². The lowest BCUT2D eigenvalue weighted by Gasteiger charge is -2.13. The van der Waals surface area contributed by atoms with Crippen LogP contribution in [-0.4, -0.2) is 31.8 Å². The predicted molar refractivity (Wildman–Crippen MR) is 68.3 cm³/mol. The first kappa shape index (κ1) is 14.7. The van der Waals surface area contributed by atoms with E-state index in [1.165, 1.54) is 6.07 Å². The molecule has 1 aromatic carbocycles. The lowest BCUT2D eigenvalue weighted by molar-refractivity contribution is -0.138. The standard InChI is InChI=1S/C12H17NO4S/c1-7-4-10(18(3,16)17)5-9(8(7)2)6-11(13)12(14)15/h4-5,11H,6,13H2,1-3H3,(H,14,15). The van der Waals surface area contributed by atoms with Gasteiger partial charge < -0.3 is 10.8 Å². The van der Waals surface area contributed by atoms with Gasteiger partial charge in [0, 0.05) is 6.26 Å². The molecule has 6 heteroatoms. The van der Waals surface area contributed by atoms with Crippen LogP contribution in [0.2, 0.25) is 0 Å². The SMILES string of the molecule is Cc1cc(S(C)(=O)=O)cc(CC(N)C(=O)O)c1C. The zero-order valence-electron chi connectivity index (χ0n) is 10.6. The minimum atomic E-state index is -3.31. The molecule has 0 spiro atoms. The van der Waals surface area contributed by atoms with Gasteiger partial charge in [0.05, 0.1) is 4.90 Å². The number of carbonyl (C=O) groups is 1. The van der Waals surface area contributed by atoms with E-state index in [4.69, 9.17) is 10.8 Å². The first-order valence-electron chi connectivity index (χ1n) is 5.41. The number of sulfone groups is 1. The minimum absolute atomic E-state index is 0.116. The van der Waals surface area contributed by atoms with Crippen LogP contribution in [-0.2, 0) is 21.1 Å². The second kappa shape index (κ2) is 5.07. The summed E-state index contributed by atoms with van der Waals surface area (Å²) in [4.78, 5) is 10.9. The maximum absolute atomic E-state index is 11.5. The Morgan fingerprint density at radius 1 is 1.39 bits per heavy atom. The normalized spacial score (nSPS) is 13.3. The summed E-state index contributed by atoms with van der Waals surface area (Å²) in [6, 6.07) is 2.05. The third kappa shape index (κ3) is 3.30. The number of carboxylic acids is 1. The topological polar surface area (TPSA) is 97.5 Å². The smallest absolute Gasteiger partial charge is 0.320 e. The van der Waals surface area contributed by atoms with Gasteiger partial charge in [0.2, 0.25) is 0 Å². The highest BCUT2D eigenvalue weighted by Crippen LogP contribution is 2.21. The van der Waals surface area contributed by atoms with Crippen LogP contribution >= 0.6 is 0 Å². The van der Waals surface area contributed by atoms with E-state index in [1.54, 1.807) is 13.0 Å². The van der Waals surface area contributed by atoms with Crippen LogP contribution in [0.15, 0.2) is 17.0 Å². The van der Waals surface area contributed by atoms with E-state index >= 15 is 0 Å². The van der Waals surface area contributed by atoms with Crippen molar-refractivity contribution in [1.29, 1.82) is 0 Å². The van der Waals surface area contributed by atoms with Gasteiger partial charge in [-0.2, -0.15) is 0 Å². The number of hydrogen-bond donors (Lipinski definition) is 2. The molecule has 18 heavy (non-hydrogen) atoms. The Balaban J connectivity index is 3.27. The lowest BCUT2D eigenvalue weighted by Crippen LogP contribution is -2.32. The van der Waals surface area contributed by atoms with Gasteiger partial charge in [-0.25, -0.2) is 8.42 Å². The average molecular weight is 271 g/mol. The zero-order chi connectivity index (χ0) is 14.1. The minimum Gasteiger partial charge on any atom is -0.480 e. The van der Waals surface area contributed by atoms with E-state index in [9.17, 15) is 13.2 Å². The van der Waals surface area contributed by atoms with Gasteiger partial charge in [-0.05, 0) is 49.1 Å². The highest BCUT2D eigenvalue weighted by atomic mass is 32.2. The number of aryl methyl sites for hydroxylation is 1. The first-order chi connectivity index (χ1) is 8.12. The van der Waals surface area contributed by atoms with Crippen LogP contribution in [0, 0.1) is 13.8 Å². The molecule has 0 heterocycles. The summed E-state index contributed by atoms with van der Waals surface area (Å²) in [5.41, 5.74) is 7.82. The molecule has 5 nitrogen and oxygen atoms in total. The Bertz CT molecular complexity index is 578. The van der Waals surface area contributed by atoms with Crippen molar-refractivity contribution in [3.8, 4) is 0 Å². The molecule has 0 saturated heterocycles. The molecule has 1 unspecified atom stereocenters. The zero-order valence-corrected chi connectivity index (χ0v) is 11.4. The van der Waals surface area contributed by atoms with Crippen molar-refractivity contribution < 1.29 is 18.3 Å². The van der Waals surface area contributed by atoms with Crippen molar-refractivity contribution in [3.63, 3.8) is 0 Å². The Labute approximate surface area is 107 Å². The maximum atomic E-state index is 11.5. The summed E-state index contributed by atoms with van der Waals surface area (Å²) in [7, 11) is -3.31. The maximum Gasteiger partial charge on any atom is 0.320 e. The summed E-state index contributed by atoms with van der Waals surface area (Å²) >= 11 is 0. The van der Waals surface area contributed by atoms with Crippen molar-refractivity contribution in [2.45, 2.75) is 31.2 Å². The van der Waals surface area contributed by atoms with Gasteiger partial charge in [0.15, 0.2) is 9.84 Å². The summed E-state index contributed by atoms with van der Waals surface area (Å²) < 4.78 is 23.0. The van der Waals surface area contributed by atoms with Gasteiger partial charge in [-0.1, -0.05) is 0 Å². The fourth-order valence-corrected chi connectivity index (χ4v) is 2.39. The molecule has 0 amide bonds. The highest BCUT2D eigenvalue weighted by Gasteiger charge is 2.17. The number of rotatable bonds is 4. The molecule has 0 saturated carbocycles. The molecule has 0 fully saturated rings. The third-order valence-electron chi connectivity index (χ3n) is 2.93. The fraction of sp³-hybridized carbons (Fsp3) is 0.417. The second-order valence-corrected chi connectivity index (χ2v) is 6.46. The van der Waals surface area contributed by atoms with Gasteiger partial charge in [0.1, 0.15) is 6.04 Å². The molecule has 0 aliphatic rings. The van der Waals surface area contributed by atoms with E-state index in [0.717, 1.165) is 17.4 Å². The van der Waals surface area contributed by atoms with Gasteiger partial charge in [-0.3, -0.25) is 4.79 Å². The number of benzene rings is 1. The molecular formula is C12H17NO4S. The van der Waals surface area contributed by atoms with Gasteiger partial charge in [0.25, 0.3) is 0 Å². The van der Waals surface area contributed by atoms with Crippen molar-refractivity contribution in [1.82, 2.24) is 0 Å². The number of carboxylic acid groups (broad SMARTS) is 1. The largest absolute Gasteiger partial charge is 0.480 e. The average Bonchev–Trinajstić information content (AvgIpc) is 2.22. The van der Waals surface area contributed by atoms with Crippen LogP contribution in [0.5, 0.6) is 0 Å². The molecule has 0 bridgehead atoms. The number of hydrogen-bond acceptors (Lipinski definition) is 4. The number of aliphatic carboxylic acids is 1. The van der Waals surface area contributed by atoms with Crippen molar-refractivity contribution in [2.24, 2.45) is 5.73 Å². The molecule has 1 rings (SSSR count). The van der Waals surface area contributed by atoms with Crippen LogP contribution < -0.4 is 5.73 Å². The van der Waals surface area contributed by atoms with E-state index in [-0.39, 0.29) is 11.3 Å². The third-order valence-corrected chi connectivity index (χ3v) is 4.03. The van der Waals surface area contributed by atoms with Crippen LogP contribution in [0.4, 0.5) is 0 Å². The Kier molecular flexibility index (Phi) is 4.13. The predicted octanol–water partition coefficient (Wildman–Crippen LogP) is 0.661. The molecule has 0 radical (unpaired) electrons. The van der Waals surface area contributed by atoms with Gasteiger partial charge in [-0.15, -0.1) is 0 Å². The Morgan fingerprint density at radius 2 is 1.94 bits per heavy atom. The first-order valence-corrected chi connectivity index (χ1v) is 7.30. The molecule has 0 aliphatic carbocycles. The summed E-state index contributed by atoms with van der Waals surface area (Å²) in [5.74, 6) is -1.10. The highest BCUT2D eigenvalue weighted by molar-refractivity contribution is 7.90. The Hall–Kier alpha value is -1.40. The molecular weight excluding hydrogens is 254 g/mol. The van der Waals surface area contributed by atoms with Crippen molar-refractivity contribution in [3.05, 3.63) is 28.8 Å². The van der Waals surface area contributed by atoms with E-state index < -0.39 is 21.8 Å². The monoisotopic (exact) mass is 271 g/mol. The quantitative estimate of drug-likeness (QED) is 0.838. The van der Waals surface area contributed by atoms with E-state index in [1.807, 2.05) is 6.92 Å². The molecule has 100 valence electrons. The molecule has 1 atom stereocenters. The lowest BCUT2D eigenvalue weighted by atomic mass is 9.98. The van der Waals surface area contributed by atoms with E-state index in [0.29, 0.717) is 5.56 Å². The Morgan fingerprint density at radius 3 is 2.39 bits per heavy atom. The number of nitrogens with two attached hydrogens (primary N) is 1. The van der Waals surface area contributed by atoms with Crippen LogP contribution in [0.1, 0.15) is 16.7 Å². The summed E-state index contributed by atoms with van der Waals surface area (Å²) in [6.45, 7) is 3.62. The fourth-order valence-electron chi connectivity index (χ4n) is 1.65. The summed E-state index contributed by atoms with van der Waals surface area (Å²) in [6.07, 6.45) is 1.24. The van der Waals surface area contributed by atoms with Crippen molar-refractivity contribution in [2.75, 3.05) is 6.26 Å². The van der Waals surface area contributed by atoms with E-state index in [2.05, 4.69) is 0 Å². The molecule has 0 aromatic heterocycles. The second-order valence-electron chi connectivity index (χ2n) is 4.45. The summed E-state index contributed by atoms with van der Waals surface area (Å²) in [5, 5.41) is 8.79.